The number of aromatic nitrogens is 1. The number of halogens is 2. The average Bonchev–Trinajstić information content (AvgIpc) is 2.01. The molecule has 76 valence electrons. The summed E-state index contributed by atoms with van der Waals surface area (Å²) in [5.74, 6) is 0. The summed E-state index contributed by atoms with van der Waals surface area (Å²) in [5.41, 5.74) is 8.01. The van der Waals surface area contributed by atoms with E-state index in [0.29, 0.717) is 0 Å². The van der Waals surface area contributed by atoms with Crippen LogP contribution in [-0.4, -0.2) is 4.98 Å². The van der Waals surface area contributed by atoms with Gasteiger partial charge < -0.3 is 5.73 Å². The lowest BCUT2D eigenvalue weighted by atomic mass is 10.1. The first-order valence-electron chi connectivity index (χ1n) is 4.22. The number of hydrogen-bond donors (Lipinski definition) is 1. The van der Waals surface area contributed by atoms with E-state index < -0.39 is 0 Å². The van der Waals surface area contributed by atoms with E-state index in [-0.39, 0.29) is 6.04 Å². The van der Waals surface area contributed by atoms with Crippen LogP contribution in [0.1, 0.15) is 25.6 Å². The molecule has 0 saturated carbocycles. The molecule has 0 aliphatic heterocycles. The van der Waals surface area contributed by atoms with E-state index in [9.17, 15) is 0 Å². The second kappa shape index (κ2) is 5.05. The van der Waals surface area contributed by atoms with Gasteiger partial charge in [0.05, 0.1) is 11.7 Å². The number of pyridine rings is 1. The molecule has 1 heterocycles. The van der Waals surface area contributed by atoms with Crippen molar-refractivity contribution in [3.05, 3.63) is 38.6 Å². The van der Waals surface area contributed by atoms with Crippen molar-refractivity contribution >= 4 is 31.9 Å². The van der Waals surface area contributed by atoms with Gasteiger partial charge in [-0.1, -0.05) is 11.6 Å². The molecular weight excluding hydrogens is 308 g/mol. The van der Waals surface area contributed by atoms with Crippen molar-refractivity contribution in [2.45, 2.75) is 19.9 Å². The molecule has 1 unspecified atom stereocenters. The van der Waals surface area contributed by atoms with Crippen LogP contribution in [0.5, 0.6) is 0 Å². The van der Waals surface area contributed by atoms with Gasteiger partial charge in [-0.2, -0.15) is 0 Å². The second-order valence-corrected chi connectivity index (χ2v) is 5.06. The molecule has 4 heteroatoms. The highest BCUT2D eigenvalue weighted by molar-refractivity contribution is 9.11. The van der Waals surface area contributed by atoms with Crippen LogP contribution in [0.4, 0.5) is 0 Å². The van der Waals surface area contributed by atoms with Crippen LogP contribution >= 0.6 is 31.9 Å². The standard InChI is InChI=1S/C10H12Br2N2/c1-6(2)3-9(13)10-8(12)4-7(11)5-14-10/h3-5,9H,13H2,1-2H3. The lowest BCUT2D eigenvalue weighted by Crippen LogP contribution is -2.10. The molecule has 0 amide bonds. The normalized spacial score (nSPS) is 12.4. The van der Waals surface area contributed by atoms with Crippen molar-refractivity contribution in [2.24, 2.45) is 5.73 Å². The largest absolute Gasteiger partial charge is 0.319 e. The minimum Gasteiger partial charge on any atom is -0.319 e. The van der Waals surface area contributed by atoms with Crippen molar-refractivity contribution in [1.82, 2.24) is 4.98 Å². The molecular formula is C10H12Br2N2. The molecule has 0 spiro atoms. The maximum Gasteiger partial charge on any atom is 0.0752 e. The molecule has 1 rings (SSSR count). The van der Waals surface area contributed by atoms with Gasteiger partial charge >= 0.3 is 0 Å². The smallest absolute Gasteiger partial charge is 0.0752 e. The van der Waals surface area contributed by atoms with Crippen molar-refractivity contribution in [3.63, 3.8) is 0 Å². The monoisotopic (exact) mass is 318 g/mol. The van der Waals surface area contributed by atoms with Gasteiger partial charge in [-0.05, 0) is 51.8 Å². The molecule has 2 nitrogen and oxygen atoms in total. The summed E-state index contributed by atoms with van der Waals surface area (Å²) in [6.07, 6.45) is 3.74. The number of nitrogens with two attached hydrogens (primary N) is 1. The van der Waals surface area contributed by atoms with Crippen LogP contribution in [0.15, 0.2) is 32.9 Å². The van der Waals surface area contributed by atoms with Gasteiger partial charge in [0.1, 0.15) is 0 Å². The maximum absolute atomic E-state index is 5.96. The first-order chi connectivity index (χ1) is 6.50. The Bertz CT molecular complexity index is 357. The molecule has 14 heavy (non-hydrogen) atoms. The third-order valence-electron chi connectivity index (χ3n) is 1.66. The second-order valence-electron chi connectivity index (χ2n) is 3.29. The first-order valence-corrected chi connectivity index (χ1v) is 5.81. The Hall–Kier alpha value is -0.190. The predicted molar refractivity (Wildman–Crippen MR) is 66.0 cm³/mol. The van der Waals surface area contributed by atoms with Gasteiger partial charge in [0.15, 0.2) is 0 Å². The van der Waals surface area contributed by atoms with Crippen molar-refractivity contribution in [2.75, 3.05) is 0 Å². The number of rotatable bonds is 2. The van der Waals surface area contributed by atoms with Gasteiger partial charge in [0, 0.05) is 15.1 Å². The number of hydrogen-bond acceptors (Lipinski definition) is 2. The third kappa shape index (κ3) is 3.19. The lowest BCUT2D eigenvalue weighted by Gasteiger charge is -2.09. The summed E-state index contributed by atoms with van der Waals surface area (Å²) in [5, 5.41) is 0. The van der Waals surface area contributed by atoms with Gasteiger partial charge in [-0.25, -0.2) is 0 Å². The fourth-order valence-corrected chi connectivity index (χ4v) is 2.36. The molecule has 1 aromatic rings. The number of nitrogens with zero attached hydrogens (tertiary/aromatic N) is 1. The van der Waals surface area contributed by atoms with Crippen LogP contribution in [0.25, 0.3) is 0 Å². The summed E-state index contributed by atoms with van der Waals surface area (Å²) in [7, 11) is 0. The Morgan fingerprint density at radius 1 is 1.50 bits per heavy atom. The predicted octanol–water partition coefficient (Wildman–Crippen LogP) is 3.57. The summed E-state index contributed by atoms with van der Waals surface area (Å²) < 4.78 is 1.87. The topological polar surface area (TPSA) is 38.9 Å². The SMILES string of the molecule is CC(C)=CC(N)c1ncc(Br)cc1Br. The number of allylic oxidation sites excluding steroid dienone is 1. The summed E-state index contributed by atoms with van der Waals surface area (Å²) >= 11 is 6.78. The van der Waals surface area contributed by atoms with E-state index in [1.54, 1.807) is 6.20 Å². The Morgan fingerprint density at radius 3 is 2.64 bits per heavy atom. The zero-order chi connectivity index (χ0) is 10.7. The molecule has 2 N–H and O–H groups in total. The molecule has 0 saturated heterocycles. The average molecular weight is 320 g/mol. The first kappa shape index (κ1) is 11.9. The molecule has 0 aromatic carbocycles. The van der Waals surface area contributed by atoms with E-state index in [2.05, 4.69) is 36.8 Å². The fourth-order valence-electron chi connectivity index (χ4n) is 1.11. The highest BCUT2D eigenvalue weighted by Gasteiger charge is 2.08. The molecule has 0 aliphatic rings. The van der Waals surface area contributed by atoms with E-state index in [1.807, 2.05) is 26.0 Å². The Balaban J connectivity index is 3.02. The molecule has 1 atom stereocenters. The van der Waals surface area contributed by atoms with E-state index in [4.69, 9.17) is 5.73 Å². The van der Waals surface area contributed by atoms with Crippen LogP contribution in [0.2, 0.25) is 0 Å². The van der Waals surface area contributed by atoms with Crippen molar-refractivity contribution < 1.29 is 0 Å². The van der Waals surface area contributed by atoms with Gasteiger partial charge in [-0.3, -0.25) is 4.98 Å². The van der Waals surface area contributed by atoms with Crippen LogP contribution in [0.3, 0.4) is 0 Å². The molecule has 0 fully saturated rings. The van der Waals surface area contributed by atoms with Gasteiger partial charge in [-0.15, -0.1) is 0 Å². The van der Waals surface area contributed by atoms with Crippen molar-refractivity contribution in [1.29, 1.82) is 0 Å². The van der Waals surface area contributed by atoms with Gasteiger partial charge in [0.2, 0.25) is 0 Å². The minimum absolute atomic E-state index is 0.150. The Morgan fingerprint density at radius 2 is 2.14 bits per heavy atom. The fraction of sp³-hybridized carbons (Fsp3) is 0.300. The van der Waals surface area contributed by atoms with Crippen LogP contribution < -0.4 is 5.73 Å². The summed E-state index contributed by atoms with van der Waals surface area (Å²) in [6, 6.07) is 1.79. The van der Waals surface area contributed by atoms with Crippen LogP contribution in [-0.2, 0) is 0 Å². The maximum atomic E-state index is 5.96. The Kier molecular flexibility index (Phi) is 4.29. The van der Waals surface area contributed by atoms with E-state index in [1.165, 1.54) is 5.57 Å². The zero-order valence-corrected chi connectivity index (χ0v) is 11.3. The van der Waals surface area contributed by atoms with E-state index in [0.717, 1.165) is 14.6 Å². The summed E-state index contributed by atoms with van der Waals surface area (Å²) in [6.45, 7) is 4.04. The van der Waals surface area contributed by atoms with Gasteiger partial charge in [0.25, 0.3) is 0 Å². The Labute approximate surface area is 101 Å². The van der Waals surface area contributed by atoms with Crippen LogP contribution in [0, 0.1) is 0 Å². The summed E-state index contributed by atoms with van der Waals surface area (Å²) in [4.78, 5) is 4.27. The third-order valence-corrected chi connectivity index (χ3v) is 2.73. The van der Waals surface area contributed by atoms with E-state index >= 15 is 0 Å². The highest BCUT2D eigenvalue weighted by Crippen LogP contribution is 2.24. The molecule has 1 aromatic heterocycles. The molecule has 0 aliphatic carbocycles. The minimum atomic E-state index is -0.150. The van der Waals surface area contributed by atoms with Crippen molar-refractivity contribution in [3.8, 4) is 0 Å². The highest BCUT2D eigenvalue weighted by atomic mass is 79.9. The lowest BCUT2D eigenvalue weighted by molar-refractivity contribution is 0.844. The molecule has 0 radical (unpaired) electrons. The molecule has 0 bridgehead atoms. The quantitative estimate of drug-likeness (QED) is 0.846. The zero-order valence-electron chi connectivity index (χ0n) is 8.09.